The van der Waals surface area contributed by atoms with Crippen LogP contribution in [0.3, 0.4) is 0 Å². The molecule has 2 aliphatic rings. The minimum atomic E-state index is -4.80. The molecular weight excluding hydrogens is 447 g/mol. The van der Waals surface area contributed by atoms with Crippen LogP contribution in [0.2, 0.25) is 0 Å². The zero-order chi connectivity index (χ0) is 23.7. The second-order valence-electron chi connectivity index (χ2n) is 8.26. The second-order valence-corrected chi connectivity index (χ2v) is 8.26. The van der Waals surface area contributed by atoms with Crippen molar-refractivity contribution < 1.29 is 27.4 Å². The van der Waals surface area contributed by atoms with Crippen LogP contribution >= 0.6 is 0 Å². The average Bonchev–Trinajstić information content (AvgIpc) is 3.15. The molecule has 1 unspecified atom stereocenters. The number of nitrogens with zero attached hydrogens (tertiary/aromatic N) is 2. The summed E-state index contributed by atoms with van der Waals surface area (Å²) in [7, 11) is 0. The summed E-state index contributed by atoms with van der Waals surface area (Å²) in [5.74, 6) is -0.444. The third kappa shape index (κ3) is 4.56. The van der Waals surface area contributed by atoms with Gasteiger partial charge in [-0.25, -0.2) is 4.79 Å². The quantitative estimate of drug-likeness (QED) is 0.591. The molecule has 1 fully saturated rings. The highest BCUT2D eigenvalue weighted by Gasteiger charge is 2.33. The van der Waals surface area contributed by atoms with Crippen LogP contribution in [0.1, 0.15) is 28.7 Å². The third-order valence-corrected chi connectivity index (χ3v) is 6.14. The first kappa shape index (κ1) is 22.2. The van der Waals surface area contributed by atoms with Crippen LogP contribution in [0.5, 0.6) is 5.75 Å². The molecule has 176 valence electrons. The van der Waals surface area contributed by atoms with Crippen LogP contribution in [0, 0.1) is 0 Å². The largest absolute Gasteiger partial charge is 0.573 e. The number of hydrogen-bond acceptors (Lipinski definition) is 5. The van der Waals surface area contributed by atoms with E-state index in [0.717, 1.165) is 28.5 Å². The lowest BCUT2D eigenvalue weighted by Crippen LogP contribution is -2.48. The van der Waals surface area contributed by atoms with Crippen molar-refractivity contribution in [2.24, 2.45) is 0 Å². The molecular formula is C25H22F3N3O3. The van der Waals surface area contributed by atoms with Crippen molar-refractivity contribution in [3.05, 3.63) is 83.7 Å². The fraction of sp³-hybridized carbons (Fsp3) is 0.280. The van der Waals surface area contributed by atoms with Gasteiger partial charge in [-0.05, 0) is 33.9 Å². The number of halogens is 3. The number of ether oxygens (including phenoxy) is 2. The highest BCUT2D eigenvalue weighted by molar-refractivity contribution is 5.79. The van der Waals surface area contributed by atoms with Crippen molar-refractivity contribution in [2.45, 2.75) is 18.3 Å². The Labute approximate surface area is 194 Å². The third-order valence-electron chi connectivity index (χ3n) is 6.14. The number of rotatable bonds is 4. The van der Waals surface area contributed by atoms with Gasteiger partial charge in [0.15, 0.2) is 0 Å². The minimum absolute atomic E-state index is 0.0459. The van der Waals surface area contributed by atoms with Crippen molar-refractivity contribution in [2.75, 3.05) is 26.2 Å². The molecule has 9 heteroatoms. The average molecular weight is 469 g/mol. The molecule has 1 aliphatic carbocycles. The molecule has 1 aromatic heterocycles. The van der Waals surface area contributed by atoms with Gasteiger partial charge in [0.25, 0.3) is 0 Å². The SMILES string of the molecule is O=C(OCC1c2ccccc2-c2ccccc21)N1CCNC(c2cncc(OC(F)(F)F)c2)C1. The lowest BCUT2D eigenvalue weighted by atomic mass is 9.98. The Morgan fingerprint density at radius 1 is 1.06 bits per heavy atom. The van der Waals surface area contributed by atoms with Crippen LogP contribution in [0.25, 0.3) is 11.1 Å². The van der Waals surface area contributed by atoms with Gasteiger partial charge in [0, 0.05) is 31.7 Å². The maximum absolute atomic E-state index is 12.9. The standard InChI is InChI=1S/C25H22F3N3O3/c26-25(27,28)34-17-11-16(12-29-13-17)23-14-31(10-9-30-23)24(32)33-15-22-20-7-3-1-5-18(20)19-6-2-4-8-21(19)22/h1-8,11-13,22-23,30H,9-10,14-15H2. The molecule has 5 rings (SSSR count). The molecule has 0 spiro atoms. The summed E-state index contributed by atoms with van der Waals surface area (Å²) in [5, 5.41) is 3.21. The van der Waals surface area contributed by atoms with E-state index in [9.17, 15) is 18.0 Å². The van der Waals surface area contributed by atoms with Crippen molar-refractivity contribution >= 4 is 6.09 Å². The molecule has 1 amide bonds. The van der Waals surface area contributed by atoms with E-state index in [1.54, 1.807) is 4.90 Å². The van der Waals surface area contributed by atoms with E-state index in [1.165, 1.54) is 12.3 Å². The molecule has 1 aliphatic heterocycles. The van der Waals surface area contributed by atoms with Gasteiger partial charge in [0.05, 0.1) is 12.2 Å². The number of benzene rings is 2. The smallest absolute Gasteiger partial charge is 0.448 e. The second kappa shape index (κ2) is 8.98. The van der Waals surface area contributed by atoms with Crippen LogP contribution < -0.4 is 10.1 Å². The fourth-order valence-corrected chi connectivity index (χ4v) is 4.64. The monoisotopic (exact) mass is 469 g/mol. The van der Waals surface area contributed by atoms with Gasteiger partial charge in [-0.15, -0.1) is 13.2 Å². The maximum atomic E-state index is 12.9. The number of carbonyl (C=O) groups is 1. The Morgan fingerprint density at radius 2 is 1.74 bits per heavy atom. The Hall–Kier alpha value is -3.59. The Kier molecular flexibility index (Phi) is 5.87. The van der Waals surface area contributed by atoms with E-state index < -0.39 is 24.2 Å². The van der Waals surface area contributed by atoms with Crippen LogP contribution in [-0.2, 0) is 4.74 Å². The molecule has 2 heterocycles. The molecule has 0 bridgehead atoms. The molecule has 1 N–H and O–H groups in total. The molecule has 3 aromatic rings. The number of fused-ring (bicyclic) bond motifs is 3. The number of hydrogen-bond donors (Lipinski definition) is 1. The normalized spacial score (nSPS) is 17.7. The zero-order valence-corrected chi connectivity index (χ0v) is 18.1. The molecule has 0 radical (unpaired) electrons. The molecule has 1 atom stereocenters. The summed E-state index contributed by atoms with van der Waals surface area (Å²) < 4.78 is 47.3. The van der Waals surface area contributed by atoms with E-state index in [1.807, 2.05) is 24.3 Å². The van der Waals surface area contributed by atoms with Gasteiger partial charge in [-0.3, -0.25) is 4.98 Å². The molecule has 2 aromatic carbocycles. The first-order valence-corrected chi connectivity index (χ1v) is 10.9. The van der Waals surface area contributed by atoms with E-state index in [4.69, 9.17) is 4.74 Å². The number of aromatic nitrogens is 1. The summed E-state index contributed by atoms with van der Waals surface area (Å²) >= 11 is 0. The number of carbonyl (C=O) groups excluding carboxylic acids is 1. The van der Waals surface area contributed by atoms with E-state index in [-0.39, 0.29) is 19.1 Å². The van der Waals surface area contributed by atoms with Crippen molar-refractivity contribution in [1.82, 2.24) is 15.2 Å². The van der Waals surface area contributed by atoms with E-state index in [2.05, 4.69) is 39.3 Å². The van der Waals surface area contributed by atoms with Crippen LogP contribution in [0.15, 0.2) is 67.0 Å². The van der Waals surface area contributed by atoms with Crippen molar-refractivity contribution in [1.29, 1.82) is 0 Å². The van der Waals surface area contributed by atoms with Gasteiger partial charge >= 0.3 is 12.5 Å². The van der Waals surface area contributed by atoms with Crippen LogP contribution in [0.4, 0.5) is 18.0 Å². The van der Waals surface area contributed by atoms with Gasteiger partial charge in [0.2, 0.25) is 0 Å². The van der Waals surface area contributed by atoms with Gasteiger partial charge in [-0.1, -0.05) is 48.5 Å². The number of alkyl halides is 3. The first-order chi connectivity index (χ1) is 16.4. The van der Waals surface area contributed by atoms with Crippen molar-refractivity contribution in [3.63, 3.8) is 0 Å². The molecule has 0 saturated carbocycles. The Bertz CT molecular complexity index is 1160. The summed E-state index contributed by atoms with van der Waals surface area (Å²) in [4.78, 5) is 18.3. The number of amides is 1. The first-order valence-electron chi connectivity index (χ1n) is 10.9. The van der Waals surface area contributed by atoms with Gasteiger partial charge in [-0.2, -0.15) is 0 Å². The number of piperazine rings is 1. The number of nitrogens with one attached hydrogen (secondary N) is 1. The van der Waals surface area contributed by atoms with Crippen molar-refractivity contribution in [3.8, 4) is 16.9 Å². The summed E-state index contributed by atoms with van der Waals surface area (Å²) in [6.45, 7) is 1.35. The number of pyridine rings is 1. The molecule has 1 saturated heterocycles. The van der Waals surface area contributed by atoms with Gasteiger partial charge in [0.1, 0.15) is 12.4 Å². The summed E-state index contributed by atoms with van der Waals surface area (Å²) in [6.07, 6.45) is -2.79. The van der Waals surface area contributed by atoms with Crippen LogP contribution in [-0.4, -0.2) is 48.6 Å². The highest BCUT2D eigenvalue weighted by Crippen LogP contribution is 2.44. The van der Waals surface area contributed by atoms with E-state index >= 15 is 0 Å². The topological polar surface area (TPSA) is 63.7 Å². The zero-order valence-electron chi connectivity index (χ0n) is 18.1. The molecule has 34 heavy (non-hydrogen) atoms. The molecule has 6 nitrogen and oxygen atoms in total. The lowest BCUT2D eigenvalue weighted by molar-refractivity contribution is -0.274. The summed E-state index contributed by atoms with van der Waals surface area (Å²) in [6, 6.07) is 17.1. The minimum Gasteiger partial charge on any atom is -0.448 e. The lowest BCUT2D eigenvalue weighted by Gasteiger charge is -2.33. The maximum Gasteiger partial charge on any atom is 0.573 e. The predicted octanol–water partition coefficient (Wildman–Crippen LogP) is 4.88. The predicted molar refractivity (Wildman–Crippen MR) is 118 cm³/mol. The highest BCUT2D eigenvalue weighted by atomic mass is 19.4. The van der Waals surface area contributed by atoms with Gasteiger partial charge < -0.3 is 19.7 Å². The Balaban J connectivity index is 1.25. The summed E-state index contributed by atoms with van der Waals surface area (Å²) in [5.41, 5.74) is 5.05. The van der Waals surface area contributed by atoms with E-state index in [0.29, 0.717) is 18.7 Å². The fourth-order valence-electron chi connectivity index (χ4n) is 4.64. The Morgan fingerprint density at radius 3 is 2.41 bits per heavy atom.